The lowest BCUT2D eigenvalue weighted by molar-refractivity contribution is 0.00578. The van der Waals surface area contributed by atoms with Gasteiger partial charge in [0.2, 0.25) is 0 Å². The summed E-state index contributed by atoms with van der Waals surface area (Å²) in [5.74, 6) is 0. The first kappa shape index (κ1) is 16.3. The van der Waals surface area contributed by atoms with Gasteiger partial charge in [-0.3, -0.25) is 4.79 Å². The molecular weight excluding hydrogens is 289 g/mol. The van der Waals surface area contributed by atoms with Crippen LogP contribution in [0.25, 0.3) is 0 Å². The Bertz CT molecular complexity index is 716. The number of nitrogens with zero attached hydrogens (tertiary/aromatic N) is 1. The molecule has 0 N–H and O–H groups in total. The molecule has 2 heterocycles. The number of aromatic nitrogens is 1. The summed E-state index contributed by atoms with van der Waals surface area (Å²) in [4.78, 5) is 12.4. The summed E-state index contributed by atoms with van der Waals surface area (Å²) in [6, 6.07) is 3.39. The lowest BCUT2D eigenvalue weighted by Gasteiger charge is -2.32. The van der Waals surface area contributed by atoms with E-state index in [-0.39, 0.29) is 11.1 Å². The van der Waals surface area contributed by atoms with Gasteiger partial charge in [0, 0.05) is 12.3 Å². The van der Waals surface area contributed by atoms with Crippen LogP contribution in [0.3, 0.4) is 0 Å². The Kier molecular flexibility index (Phi) is 3.69. The molecule has 0 bridgehead atoms. The van der Waals surface area contributed by atoms with Crippen LogP contribution in [0.4, 0.5) is 0 Å². The maximum Gasteiger partial charge on any atom is 0.496 e. The van der Waals surface area contributed by atoms with Crippen LogP contribution < -0.4 is 11.0 Å². The van der Waals surface area contributed by atoms with E-state index in [1.807, 2.05) is 46.0 Å². The topological polar surface area (TPSA) is 40.5 Å². The molecule has 1 saturated heterocycles. The van der Waals surface area contributed by atoms with Gasteiger partial charge in [-0.1, -0.05) is 30.4 Å². The Morgan fingerprint density at radius 2 is 1.70 bits per heavy atom. The molecule has 3 rings (SSSR count). The summed E-state index contributed by atoms with van der Waals surface area (Å²) in [6.07, 6.45) is 10.8. The highest BCUT2D eigenvalue weighted by Crippen LogP contribution is 2.36. The van der Waals surface area contributed by atoms with Crippen LogP contribution in [0, 0.1) is 0 Å². The van der Waals surface area contributed by atoms with E-state index in [0.29, 0.717) is 0 Å². The first-order valence-corrected chi connectivity index (χ1v) is 8.08. The van der Waals surface area contributed by atoms with E-state index >= 15 is 0 Å². The quantitative estimate of drug-likeness (QED) is 0.787. The minimum Gasteiger partial charge on any atom is -0.399 e. The smallest absolute Gasteiger partial charge is 0.399 e. The Morgan fingerprint density at radius 3 is 2.26 bits per heavy atom. The van der Waals surface area contributed by atoms with E-state index in [0.717, 1.165) is 11.9 Å². The Balaban J connectivity index is 1.98. The average Bonchev–Trinajstić information content (AvgIpc) is 2.68. The SMILES string of the molecule is CC1(n2cc(B3OC(C)(C)C(C)(C)O3)ccc2=O)C=CC=CC1. The van der Waals surface area contributed by atoms with Crippen LogP contribution in [0.2, 0.25) is 0 Å². The lowest BCUT2D eigenvalue weighted by atomic mass is 9.80. The van der Waals surface area contributed by atoms with Crippen molar-refractivity contribution in [2.45, 2.75) is 57.8 Å². The number of allylic oxidation sites excluding steroid dienone is 4. The van der Waals surface area contributed by atoms with E-state index in [4.69, 9.17) is 9.31 Å². The first-order chi connectivity index (χ1) is 10.6. The summed E-state index contributed by atoms with van der Waals surface area (Å²) >= 11 is 0. The molecule has 2 aliphatic rings. The minimum atomic E-state index is -0.460. The van der Waals surface area contributed by atoms with Gasteiger partial charge in [0.15, 0.2) is 0 Å². The molecule has 23 heavy (non-hydrogen) atoms. The normalized spacial score (nSPS) is 28.3. The molecule has 1 aliphatic carbocycles. The molecule has 0 saturated carbocycles. The van der Waals surface area contributed by atoms with E-state index in [2.05, 4.69) is 19.1 Å². The van der Waals surface area contributed by atoms with Crippen LogP contribution in [-0.4, -0.2) is 22.9 Å². The predicted octanol–water partition coefficient (Wildman–Crippen LogP) is 2.38. The number of rotatable bonds is 2. The highest BCUT2D eigenvalue weighted by Gasteiger charge is 2.51. The van der Waals surface area contributed by atoms with Crippen LogP contribution in [0.15, 0.2) is 47.4 Å². The van der Waals surface area contributed by atoms with E-state index in [1.54, 1.807) is 16.7 Å². The molecule has 1 unspecified atom stereocenters. The van der Waals surface area contributed by atoms with Gasteiger partial charge in [-0.2, -0.15) is 0 Å². The van der Waals surface area contributed by atoms with E-state index in [9.17, 15) is 4.79 Å². The highest BCUT2D eigenvalue weighted by atomic mass is 16.7. The van der Waals surface area contributed by atoms with Gasteiger partial charge < -0.3 is 13.9 Å². The second kappa shape index (κ2) is 5.21. The van der Waals surface area contributed by atoms with Crippen LogP contribution in [-0.2, 0) is 14.8 Å². The van der Waals surface area contributed by atoms with Crippen molar-refractivity contribution in [3.05, 3.63) is 53.0 Å². The van der Waals surface area contributed by atoms with Gasteiger partial charge in [-0.15, -0.1) is 0 Å². The monoisotopic (exact) mass is 313 g/mol. The largest absolute Gasteiger partial charge is 0.496 e. The summed E-state index contributed by atoms with van der Waals surface area (Å²) in [7, 11) is -0.460. The maximum atomic E-state index is 12.4. The van der Waals surface area contributed by atoms with Crippen molar-refractivity contribution in [1.82, 2.24) is 4.57 Å². The molecule has 0 aromatic carbocycles. The molecule has 1 aliphatic heterocycles. The van der Waals surface area contributed by atoms with E-state index in [1.165, 1.54) is 0 Å². The van der Waals surface area contributed by atoms with Gasteiger partial charge in [0.05, 0.1) is 16.7 Å². The van der Waals surface area contributed by atoms with Crippen molar-refractivity contribution in [3.8, 4) is 0 Å². The molecule has 0 amide bonds. The number of hydrogen-bond donors (Lipinski definition) is 0. The van der Waals surface area contributed by atoms with Crippen LogP contribution in [0.1, 0.15) is 41.0 Å². The zero-order valence-electron chi connectivity index (χ0n) is 14.5. The van der Waals surface area contributed by atoms with Gasteiger partial charge in [-0.05, 0) is 46.5 Å². The molecule has 122 valence electrons. The molecule has 0 spiro atoms. The number of hydrogen-bond acceptors (Lipinski definition) is 3. The van der Waals surface area contributed by atoms with Gasteiger partial charge in [0.1, 0.15) is 0 Å². The second-order valence-electron chi connectivity index (χ2n) is 7.61. The molecule has 1 aromatic rings. The third-order valence-electron chi connectivity index (χ3n) is 5.24. The molecule has 0 radical (unpaired) electrons. The highest BCUT2D eigenvalue weighted by molar-refractivity contribution is 6.62. The summed E-state index contributed by atoms with van der Waals surface area (Å²) in [6.45, 7) is 10.2. The molecule has 1 aromatic heterocycles. The van der Waals surface area contributed by atoms with Crippen molar-refractivity contribution >= 4 is 12.6 Å². The Labute approximate surface area is 137 Å². The standard InChI is InChI=1S/C18H24BNO3/c1-16(2)17(3,4)23-19(22-16)14-9-10-15(21)20(13-14)18(5)11-7-6-8-12-18/h6-11,13H,12H2,1-5H3. The molecule has 4 nitrogen and oxygen atoms in total. The molecule has 1 fully saturated rings. The minimum absolute atomic E-state index is 0.0206. The summed E-state index contributed by atoms with van der Waals surface area (Å²) in [5.41, 5.74) is -0.294. The fourth-order valence-electron chi connectivity index (χ4n) is 2.92. The predicted molar refractivity (Wildman–Crippen MR) is 93.0 cm³/mol. The second-order valence-corrected chi connectivity index (χ2v) is 7.61. The van der Waals surface area contributed by atoms with E-state index < -0.39 is 18.3 Å². The molecule has 5 heteroatoms. The Morgan fingerprint density at radius 1 is 1.04 bits per heavy atom. The third-order valence-corrected chi connectivity index (χ3v) is 5.24. The van der Waals surface area contributed by atoms with Crippen molar-refractivity contribution in [2.24, 2.45) is 0 Å². The Hall–Kier alpha value is -1.59. The van der Waals surface area contributed by atoms with Crippen molar-refractivity contribution in [1.29, 1.82) is 0 Å². The van der Waals surface area contributed by atoms with Crippen LogP contribution >= 0.6 is 0 Å². The lowest BCUT2D eigenvalue weighted by Crippen LogP contribution is -2.43. The van der Waals surface area contributed by atoms with Gasteiger partial charge >= 0.3 is 7.12 Å². The van der Waals surface area contributed by atoms with Crippen molar-refractivity contribution in [2.75, 3.05) is 0 Å². The van der Waals surface area contributed by atoms with Crippen molar-refractivity contribution < 1.29 is 9.31 Å². The fraction of sp³-hybridized carbons (Fsp3) is 0.500. The van der Waals surface area contributed by atoms with Crippen molar-refractivity contribution in [3.63, 3.8) is 0 Å². The number of pyridine rings is 1. The molecule has 1 atom stereocenters. The molecular formula is C18H24BNO3. The fourth-order valence-corrected chi connectivity index (χ4v) is 2.92. The first-order valence-electron chi connectivity index (χ1n) is 8.08. The summed E-state index contributed by atoms with van der Waals surface area (Å²) < 4.78 is 14.0. The third kappa shape index (κ3) is 2.72. The van der Waals surface area contributed by atoms with Gasteiger partial charge in [0.25, 0.3) is 5.56 Å². The maximum absolute atomic E-state index is 12.4. The summed E-state index contributed by atoms with van der Waals surface area (Å²) in [5, 5.41) is 0. The zero-order valence-corrected chi connectivity index (χ0v) is 14.5. The van der Waals surface area contributed by atoms with Crippen LogP contribution in [0.5, 0.6) is 0 Å². The average molecular weight is 313 g/mol. The zero-order chi connectivity index (χ0) is 16.9. The van der Waals surface area contributed by atoms with Gasteiger partial charge in [-0.25, -0.2) is 0 Å².